The lowest BCUT2D eigenvalue weighted by molar-refractivity contribution is -0.119. The number of benzene rings is 1. The molecule has 0 fully saturated rings. The highest BCUT2D eigenvalue weighted by Crippen LogP contribution is 2.28. The minimum Gasteiger partial charge on any atom is -0.482 e. The van der Waals surface area contributed by atoms with E-state index in [0.29, 0.717) is 17.3 Å². The fourth-order valence-corrected chi connectivity index (χ4v) is 1.65. The highest BCUT2D eigenvalue weighted by Gasteiger charge is 2.09. The zero-order valence-corrected chi connectivity index (χ0v) is 10.6. The monoisotopic (exact) mass is 256 g/mol. The molecule has 0 spiro atoms. The van der Waals surface area contributed by atoms with E-state index in [1.54, 1.807) is 6.07 Å². The number of halogens is 1. The van der Waals surface area contributed by atoms with Crippen molar-refractivity contribution >= 4 is 17.5 Å². The van der Waals surface area contributed by atoms with Crippen molar-refractivity contribution in [2.75, 3.05) is 13.2 Å². The van der Waals surface area contributed by atoms with Crippen molar-refractivity contribution in [3.05, 3.63) is 28.8 Å². The number of amides is 1. The Hall–Kier alpha value is -1.26. The Balaban J connectivity index is 2.73. The zero-order chi connectivity index (χ0) is 12.7. The largest absolute Gasteiger partial charge is 0.482 e. The molecule has 1 amide bonds. The minimum atomic E-state index is -0.516. The first kappa shape index (κ1) is 13.8. The second-order valence-electron chi connectivity index (χ2n) is 3.66. The van der Waals surface area contributed by atoms with E-state index in [0.717, 1.165) is 18.5 Å². The fraction of sp³-hybridized carbons (Fsp3) is 0.417. The van der Waals surface area contributed by atoms with Crippen molar-refractivity contribution in [2.24, 2.45) is 5.73 Å². The number of primary amides is 1. The van der Waals surface area contributed by atoms with Gasteiger partial charge in [-0.3, -0.25) is 4.79 Å². The van der Waals surface area contributed by atoms with Crippen molar-refractivity contribution < 1.29 is 9.53 Å². The standard InChI is InChI=1S/C12H17ClN2O2/c1-2-6-15-7-9-4-3-5-10(13)12(9)17-8-11(14)16/h3-5,15H,2,6-8H2,1H3,(H2,14,16). The molecule has 0 saturated carbocycles. The molecule has 1 rings (SSSR count). The molecule has 0 aromatic heterocycles. The first-order valence-corrected chi connectivity index (χ1v) is 5.92. The van der Waals surface area contributed by atoms with Crippen LogP contribution in [0.5, 0.6) is 5.75 Å². The Labute approximate surface area is 106 Å². The average Bonchev–Trinajstić information content (AvgIpc) is 2.28. The average molecular weight is 257 g/mol. The van der Waals surface area contributed by atoms with Gasteiger partial charge in [0.15, 0.2) is 6.61 Å². The van der Waals surface area contributed by atoms with E-state index in [1.807, 2.05) is 12.1 Å². The van der Waals surface area contributed by atoms with Crippen molar-refractivity contribution in [3.63, 3.8) is 0 Å². The van der Waals surface area contributed by atoms with Gasteiger partial charge in [0, 0.05) is 12.1 Å². The summed E-state index contributed by atoms with van der Waals surface area (Å²) in [5.74, 6) is 0.00829. The molecule has 0 aliphatic rings. The van der Waals surface area contributed by atoms with Gasteiger partial charge < -0.3 is 15.8 Å². The number of hydrogen-bond donors (Lipinski definition) is 2. The molecule has 0 heterocycles. The van der Waals surface area contributed by atoms with E-state index in [2.05, 4.69) is 12.2 Å². The number of para-hydroxylation sites is 1. The number of nitrogens with one attached hydrogen (secondary N) is 1. The maximum atomic E-state index is 10.7. The van der Waals surface area contributed by atoms with Crippen LogP contribution in [0.15, 0.2) is 18.2 Å². The molecule has 3 N–H and O–H groups in total. The van der Waals surface area contributed by atoms with Crippen molar-refractivity contribution in [1.82, 2.24) is 5.32 Å². The summed E-state index contributed by atoms with van der Waals surface area (Å²) >= 11 is 6.02. The van der Waals surface area contributed by atoms with Crippen LogP contribution in [0.1, 0.15) is 18.9 Å². The highest BCUT2D eigenvalue weighted by atomic mass is 35.5. The molecule has 4 nitrogen and oxygen atoms in total. The van der Waals surface area contributed by atoms with Crippen LogP contribution >= 0.6 is 11.6 Å². The summed E-state index contributed by atoms with van der Waals surface area (Å²) in [5, 5.41) is 3.74. The summed E-state index contributed by atoms with van der Waals surface area (Å²) < 4.78 is 5.31. The summed E-state index contributed by atoms with van der Waals surface area (Å²) in [4.78, 5) is 10.7. The van der Waals surface area contributed by atoms with Crippen molar-refractivity contribution in [2.45, 2.75) is 19.9 Å². The first-order chi connectivity index (χ1) is 8.15. The maximum absolute atomic E-state index is 10.7. The van der Waals surface area contributed by atoms with Gasteiger partial charge in [-0.05, 0) is 19.0 Å². The number of carbonyl (C=O) groups is 1. The Morgan fingerprint density at radius 3 is 2.94 bits per heavy atom. The van der Waals surface area contributed by atoms with Gasteiger partial charge in [0.25, 0.3) is 5.91 Å². The maximum Gasteiger partial charge on any atom is 0.255 e. The number of nitrogens with two attached hydrogens (primary N) is 1. The Morgan fingerprint density at radius 2 is 2.29 bits per heavy atom. The predicted octanol–water partition coefficient (Wildman–Crippen LogP) is 1.70. The summed E-state index contributed by atoms with van der Waals surface area (Å²) in [6.07, 6.45) is 1.05. The molecular weight excluding hydrogens is 240 g/mol. The third kappa shape index (κ3) is 4.63. The molecule has 0 bridgehead atoms. The van der Waals surface area contributed by atoms with Crippen molar-refractivity contribution in [3.8, 4) is 5.75 Å². The number of hydrogen-bond acceptors (Lipinski definition) is 3. The smallest absolute Gasteiger partial charge is 0.255 e. The molecule has 0 atom stereocenters. The molecule has 0 aliphatic carbocycles. The molecule has 0 radical (unpaired) electrons. The molecular formula is C12H17ClN2O2. The fourth-order valence-electron chi connectivity index (χ4n) is 1.40. The summed E-state index contributed by atoms with van der Waals surface area (Å²) in [6.45, 7) is 3.50. The quantitative estimate of drug-likeness (QED) is 0.730. The van der Waals surface area contributed by atoms with Gasteiger partial charge in [0.2, 0.25) is 0 Å². The van der Waals surface area contributed by atoms with Gasteiger partial charge in [-0.1, -0.05) is 30.7 Å². The predicted molar refractivity (Wildman–Crippen MR) is 68.1 cm³/mol. The Kier molecular flexibility index (Phi) is 5.80. The normalized spacial score (nSPS) is 10.2. The van der Waals surface area contributed by atoms with Gasteiger partial charge in [0.05, 0.1) is 5.02 Å². The molecule has 5 heteroatoms. The van der Waals surface area contributed by atoms with Crippen LogP contribution in [0.3, 0.4) is 0 Å². The van der Waals surface area contributed by atoms with Gasteiger partial charge in [-0.25, -0.2) is 0 Å². The Bertz CT molecular complexity index is 383. The van der Waals surface area contributed by atoms with Crippen LogP contribution in [0.4, 0.5) is 0 Å². The molecule has 0 saturated heterocycles. The van der Waals surface area contributed by atoms with E-state index in [1.165, 1.54) is 0 Å². The Morgan fingerprint density at radius 1 is 1.53 bits per heavy atom. The summed E-state index contributed by atoms with van der Waals surface area (Å²) in [6, 6.07) is 5.48. The van der Waals surface area contributed by atoms with Gasteiger partial charge in [0.1, 0.15) is 5.75 Å². The first-order valence-electron chi connectivity index (χ1n) is 5.54. The van der Waals surface area contributed by atoms with Crippen LogP contribution in [-0.4, -0.2) is 19.1 Å². The van der Waals surface area contributed by atoms with E-state index in [9.17, 15) is 4.79 Å². The van der Waals surface area contributed by atoms with Crippen molar-refractivity contribution in [1.29, 1.82) is 0 Å². The molecule has 1 aromatic carbocycles. The topological polar surface area (TPSA) is 64.3 Å². The highest BCUT2D eigenvalue weighted by molar-refractivity contribution is 6.32. The van der Waals surface area contributed by atoms with Crippen LogP contribution in [0.2, 0.25) is 5.02 Å². The lowest BCUT2D eigenvalue weighted by Gasteiger charge is -2.12. The van der Waals surface area contributed by atoms with Gasteiger partial charge in [-0.15, -0.1) is 0 Å². The molecule has 1 aromatic rings. The second kappa shape index (κ2) is 7.14. The zero-order valence-electron chi connectivity index (χ0n) is 9.83. The van der Waals surface area contributed by atoms with E-state index >= 15 is 0 Å². The molecule has 17 heavy (non-hydrogen) atoms. The third-order valence-corrected chi connectivity index (χ3v) is 2.45. The lowest BCUT2D eigenvalue weighted by Crippen LogP contribution is -2.21. The van der Waals surface area contributed by atoms with Crippen LogP contribution in [0, 0.1) is 0 Å². The van der Waals surface area contributed by atoms with Gasteiger partial charge >= 0.3 is 0 Å². The van der Waals surface area contributed by atoms with E-state index in [4.69, 9.17) is 22.1 Å². The van der Waals surface area contributed by atoms with Crippen LogP contribution in [0.25, 0.3) is 0 Å². The molecule has 0 unspecified atom stereocenters. The number of rotatable bonds is 7. The van der Waals surface area contributed by atoms with E-state index in [-0.39, 0.29) is 6.61 Å². The van der Waals surface area contributed by atoms with E-state index < -0.39 is 5.91 Å². The number of ether oxygens (including phenoxy) is 1. The third-order valence-electron chi connectivity index (χ3n) is 2.15. The minimum absolute atomic E-state index is 0.162. The molecule has 94 valence electrons. The summed E-state index contributed by atoms with van der Waals surface area (Å²) in [5.41, 5.74) is 5.96. The number of carbonyl (C=O) groups excluding carboxylic acids is 1. The lowest BCUT2D eigenvalue weighted by atomic mass is 10.2. The van der Waals surface area contributed by atoms with Crippen LogP contribution < -0.4 is 15.8 Å². The van der Waals surface area contributed by atoms with Gasteiger partial charge in [-0.2, -0.15) is 0 Å². The van der Waals surface area contributed by atoms with Crippen LogP contribution in [-0.2, 0) is 11.3 Å². The molecule has 0 aliphatic heterocycles. The SMILES string of the molecule is CCCNCc1cccc(Cl)c1OCC(N)=O. The summed E-state index contributed by atoms with van der Waals surface area (Å²) in [7, 11) is 0. The second-order valence-corrected chi connectivity index (χ2v) is 4.07.